The Labute approximate surface area is 119 Å². The second kappa shape index (κ2) is 5.47. The molecule has 1 aliphatic rings. The number of carbonyl (C=O) groups excluding carboxylic acids is 1. The molecule has 3 heteroatoms. The van der Waals surface area contributed by atoms with Crippen molar-refractivity contribution in [3.8, 4) is 0 Å². The molecule has 102 valence electrons. The van der Waals surface area contributed by atoms with E-state index in [4.69, 9.17) is 5.73 Å². The summed E-state index contributed by atoms with van der Waals surface area (Å²) in [5, 5.41) is 0. The molecule has 3 nitrogen and oxygen atoms in total. The molecule has 1 heterocycles. The van der Waals surface area contributed by atoms with Crippen molar-refractivity contribution in [2.75, 3.05) is 11.4 Å². The van der Waals surface area contributed by atoms with Gasteiger partial charge in [-0.3, -0.25) is 4.79 Å². The summed E-state index contributed by atoms with van der Waals surface area (Å²) in [5.41, 5.74) is 9.44. The van der Waals surface area contributed by atoms with Gasteiger partial charge in [0.1, 0.15) is 0 Å². The van der Waals surface area contributed by atoms with E-state index in [0.717, 1.165) is 24.2 Å². The van der Waals surface area contributed by atoms with Crippen molar-refractivity contribution in [3.63, 3.8) is 0 Å². The fourth-order valence-corrected chi connectivity index (χ4v) is 2.72. The van der Waals surface area contributed by atoms with E-state index in [1.165, 1.54) is 5.56 Å². The number of para-hydroxylation sites is 1. The van der Waals surface area contributed by atoms with Crippen LogP contribution in [0.15, 0.2) is 54.6 Å². The highest BCUT2D eigenvalue weighted by molar-refractivity contribution is 5.99. The molecule has 1 unspecified atom stereocenters. The Morgan fingerprint density at radius 3 is 2.60 bits per heavy atom. The number of carbonyl (C=O) groups is 1. The van der Waals surface area contributed by atoms with Crippen LogP contribution < -0.4 is 10.6 Å². The monoisotopic (exact) mass is 266 g/mol. The molecule has 0 aromatic heterocycles. The van der Waals surface area contributed by atoms with Gasteiger partial charge in [0.2, 0.25) is 5.91 Å². The van der Waals surface area contributed by atoms with Crippen LogP contribution in [0.2, 0.25) is 0 Å². The zero-order chi connectivity index (χ0) is 13.9. The van der Waals surface area contributed by atoms with E-state index >= 15 is 0 Å². The Bertz CT molecular complexity index is 609. The second-order valence-corrected chi connectivity index (χ2v) is 5.16. The SMILES string of the molecule is NC(Cc1ccccc1)C(=O)N1CCc2ccccc21. The first kappa shape index (κ1) is 12.9. The van der Waals surface area contributed by atoms with Gasteiger partial charge in [-0.25, -0.2) is 0 Å². The number of anilines is 1. The minimum Gasteiger partial charge on any atom is -0.320 e. The molecule has 3 rings (SSSR count). The maximum absolute atomic E-state index is 12.5. The van der Waals surface area contributed by atoms with Crippen LogP contribution in [0.4, 0.5) is 5.69 Å². The van der Waals surface area contributed by atoms with E-state index in [0.29, 0.717) is 6.42 Å². The zero-order valence-corrected chi connectivity index (χ0v) is 11.3. The van der Waals surface area contributed by atoms with Gasteiger partial charge in [0, 0.05) is 12.2 Å². The molecule has 1 aliphatic heterocycles. The smallest absolute Gasteiger partial charge is 0.244 e. The number of amides is 1. The van der Waals surface area contributed by atoms with E-state index in [1.54, 1.807) is 0 Å². The lowest BCUT2D eigenvalue weighted by molar-refractivity contribution is -0.119. The highest BCUT2D eigenvalue weighted by Crippen LogP contribution is 2.27. The molecular formula is C17H18N2O. The van der Waals surface area contributed by atoms with Gasteiger partial charge in [-0.05, 0) is 30.0 Å². The molecule has 20 heavy (non-hydrogen) atoms. The summed E-state index contributed by atoms with van der Waals surface area (Å²) in [5.74, 6) is 0.0128. The van der Waals surface area contributed by atoms with E-state index in [-0.39, 0.29) is 5.91 Å². The van der Waals surface area contributed by atoms with E-state index in [9.17, 15) is 4.79 Å². The van der Waals surface area contributed by atoms with Crippen LogP contribution in [0.3, 0.4) is 0 Å². The third kappa shape index (κ3) is 2.45. The van der Waals surface area contributed by atoms with Crippen molar-refractivity contribution >= 4 is 11.6 Å². The number of hydrogen-bond acceptors (Lipinski definition) is 2. The van der Waals surface area contributed by atoms with Gasteiger partial charge in [0.25, 0.3) is 0 Å². The fourth-order valence-electron chi connectivity index (χ4n) is 2.72. The van der Waals surface area contributed by atoms with Crippen LogP contribution in [0.25, 0.3) is 0 Å². The average molecular weight is 266 g/mol. The van der Waals surface area contributed by atoms with Gasteiger partial charge in [0.15, 0.2) is 0 Å². The Morgan fingerprint density at radius 1 is 1.10 bits per heavy atom. The second-order valence-electron chi connectivity index (χ2n) is 5.16. The Morgan fingerprint density at radius 2 is 1.80 bits per heavy atom. The molecular weight excluding hydrogens is 248 g/mol. The number of hydrogen-bond donors (Lipinski definition) is 1. The first-order chi connectivity index (χ1) is 9.75. The van der Waals surface area contributed by atoms with Crippen molar-refractivity contribution < 1.29 is 4.79 Å². The summed E-state index contributed by atoms with van der Waals surface area (Å²) >= 11 is 0. The van der Waals surface area contributed by atoms with Gasteiger partial charge in [0.05, 0.1) is 6.04 Å². The highest BCUT2D eigenvalue weighted by Gasteiger charge is 2.27. The van der Waals surface area contributed by atoms with Crippen molar-refractivity contribution in [1.29, 1.82) is 0 Å². The molecule has 1 amide bonds. The molecule has 0 fully saturated rings. The van der Waals surface area contributed by atoms with Crippen molar-refractivity contribution in [2.24, 2.45) is 5.73 Å². The summed E-state index contributed by atoms with van der Waals surface area (Å²) in [4.78, 5) is 14.3. The fraction of sp³-hybridized carbons (Fsp3) is 0.235. The number of rotatable bonds is 3. The topological polar surface area (TPSA) is 46.3 Å². The molecule has 2 aromatic rings. The van der Waals surface area contributed by atoms with Gasteiger partial charge < -0.3 is 10.6 Å². The average Bonchev–Trinajstić information content (AvgIpc) is 2.91. The molecule has 2 aromatic carbocycles. The van der Waals surface area contributed by atoms with Crippen LogP contribution in [-0.4, -0.2) is 18.5 Å². The van der Waals surface area contributed by atoms with Gasteiger partial charge in [-0.2, -0.15) is 0 Å². The largest absolute Gasteiger partial charge is 0.320 e. The van der Waals surface area contributed by atoms with Crippen molar-refractivity contribution in [3.05, 3.63) is 65.7 Å². The Balaban J connectivity index is 1.74. The van der Waals surface area contributed by atoms with Crippen molar-refractivity contribution in [2.45, 2.75) is 18.9 Å². The Kier molecular flexibility index (Phi) is 3.52. The summed E-state index contributed by atoms with van der Waals surface area (Å²) in [6, 6.07) is 17.5. The van der Waals surface area contributed by atoms with Crippen molar-refractivity contribution in [1.82, 2.24) is 0 Å². The molecule has 0 bridgehead atoms. The van der Waals surface area contributed by atoms with Crippen LogP contribution >= 0.6 is 0 Å². The zero-order valence-electron chi connectivity index (χ0n) is 11.3. The first-order valence-corrected chi connectivity index (χ1v) is 6.94. The summed E-state index contributed by atoms with van der Waals surface area (Å²) < 4.78 is 0. The van der Waals surface area contributed by atoms with E-state index in [2.05, 4.69) is 6.07 Å². The third-order valence-electron chi connectivity index (χ3n) is 3.77. The molecule has 1 atom stereocenters. The number of fused-ring (bicyclic) bond motifs is 1. The molecule has 0 saturated heterocycles. The minimum atomic E-state index is -0.483. The molecule has 0 saturated carbocycles. The molecule has 0 spiro atoms. The van der Waals surface area contributed by atoms with E-state index < -0.39 is 6.04 Å². The summed E-state index contributed by atoms with van der Waals surface area (Å²) in [6.07, 6.45) is 1.50. The van der Waals surface area contributed by atoms with Gasteiger partial charge >= 0.3 is 0 Å². The number of nitrogens with two attached hydrogens (primary N) is 1. The maximum atomic E-state index is 12.5. The lowest BCUT2D eigenvalue weighted by atomic mass is 10.1. The standard InChI is InChI=1S/C17H18N2O/c18-15(12-13-6-2-1-3-7-13)17(20)19-11-10-14-8-4-5-9-16(14)19/h1-9,15H,10-12,18H2. The highest BCUT2D eigenvalue weighted by atomic mass is 16.2. The molecule has 2 N–H and O–H groups in total. The lowest BCUT2D eigenvalue weighted by Crippen LogP contribution is -2.44. The van der Waals surface area contributed by atoms with Crippen LogP contribution in [0.1, 0.15) is 11.1 Å². The van der Waals surface area contributed by atoms with Crippen LogP contribution in [-0.2, 0) is 17.6 Å². The van der Waals surface area contributed by atoms with Crippen LogP contribution in [0.5, 0.6) is 0 Å². The summed E-state index contributed by atoms with van der Waals surface area (Å²) in [7, 11) is 0. The number of benzene rings is 2. The van der Waals surface area contributed by atoms with Gasteiger partial charge in [-0.1, -0.05) is 48.5 Å². The quantitative estimate of drug-likeness (QED) is 0.925. The van der Waals surface area contributed by atoms with Gasteiger partial charge in [-0.15, -0.1) is 0 Å². The minimum absolute atomic E-state index is 0.0128. The van der Waals surface area contributed by atoms with Crippen LogP contribution in [0, 0.1) is 0 Å². The maximum Gasteiger partial charge on any atom is 0.244 e. The molecule has 0 aliphatic carbocycles. The summed E-state index contributed by atoms with van der Waals surface area (Å²) in [6.45, 7) is 0.737. The Hall–Kier alpha value is -2.13. The third-order valence-corrected chi connectivity index (χ3v) is 3.77. The lowest BCUT2D eigenvalue weighted by Gasteiger charge is -2.21. The normalized spacial score (nSPS) is 14.9. The predicted octanol–water partition coefficient (Wildman–Crippen LogP) is 2.15. The first-order valence-electron chi connectivity index (χ1n) is 6.94. The predicted molar refractivity (Wildman–Crippen MR) is 80.6 cm³/mol. The number of nitrogens with zero attached hydrogens (tertiary/aromatic N) is 1. The van der Waals surface area contributed by atoms with E-state index in [1.807, 2.05) is 53.4 Å². The molecule has 0 radical (unpaired) electrons.